The molecular formula is C20H26N2OS. The van der Waals surface area contributed by atoms with E-state index in [1.807, 2.05) is 31.2 Å². The standard InChI is InChI=1S/C20H26N2OS/c1-4-23-19-11-9-18(10-12-19)22-20(24)21-13-5-6-17-8-7-15(2)14-16(17)3/h7-12,14H,4-6,13H2,1-3H3,(H2,21,22,24). The zero-order valence-electron chi connectivity index (χ0n) is 14.7. The number of hydrogen-bond donors (Lipinski definition) is 2. The van der Waals surface area contributed by atoms with Gasteiger partial charge in [-0.1, -0.05) is 23.8 Å². The van der Waals surface area contributed by atoms with Crippen LogP contribution in [0.25, 0.3) is 0 Å². The molecule has 3 nitrogen and oxygen atoms in total. The highest BCUT2D eigenvalue weighted by molar-refractivity contribution is 7.80. The van der Waals surface area contributed by atoms with Crippen molar-refractivity contribution in [3.63, 3.8) is 0 Å². The molecule has 0 atom stereocenters. The summed E-state index contributed by atoms with van der Waals surface area (Å²) in [4.78, 5) is 0. The third-order valence-electron chi connectivity index (χ3n) is 3.83. The number of nitrogens with one attached hydrogen (secondary N) is 2. The minimum Gasteiger partial charge on any atom is -0.494 e. The highest BCUT2D eigenvalue weighted by atomic mass is 32.1. The van der Waals surface area contributed by atoms with Gasteiger partial charge in [-0.3, -0.25) is 0 Å². The van der Waals surface area contributed by atoms with Gasteiger partial charge in [0.15, 0.2) is 5.11 Å². The van der Waals surface area contributed by atoms with Gasteiger partial charge < -0.3 is 15.4 Å². The van der Waals surface area contributed by atoms with Gasteiger partial charge in [0, 0.05) is 12.2 Å². The van der Waals surface area contributed by atoms with Crippen molar-refractivity contribution in [1.82, 2.24) is 5.32 Å². The van der Waals surface area contributed by atoms with E-state index >= 15 is 0 Å². The number of rotatable bonds is 7. The summed E-state index contributed by atoms with van der Waals surface area (Å²) in [5.74, 6) is 0.871. The Kier molecular flexibility index (Phi) is 7.07. The van der Waals surface area contributed by atoms with E-state index in [0.29, 0.717) is 11.7 Å². The lowest BCUT2D eigenvalue weighted by Gasteiger charge is -2.12. The molecular weight excluding hydrogens is 316 g/mol. The van der Waals surface area contributed by atoms with E-state index in [1.165, 1.54) is 16.7 Å². The summed E-state index contributed by atoms with van der Waals surface area (Å²) in [6.45, 7) is 7.81. The quantitative estimate of drug-likeness (QED) is 0.568. The molecule has 0 amide bonds. The fourth-order valence-corrected chi connectivity index (χ4v) is 2.80. The third-order valence-corrected chi connectivity index (χ3v) is 4.08. The van der Waals surface area contributed by atoms with Crippen molar-refractivity contribution in [3.05, 3.63) is 59.2 Å². The molecule has 0 fully saturated rings. The van der Waals surface area contributed by atoms with Gasteiger partial charge in [-0.15, -0.1) is 0 Å². The van der Waals surface area contributed by atoms with Gasteiger partial charge in [0.25, 0.3) is 0 Å². The van der Waals surface area contributed by atoms with Gasteiger partial charge in [0.2, 0.25) is 0 Å². The summed E-state index contributed by atoms with van der Waals surface area (Å²) in [6.07, 6.45) is 2.11. The molecule has 0 saturated heterocycles. The van der Waals surface area contributed by atoms with Crippen molar-refractivity contribution in [2.75, 3.05) is 18.5 Å². The fraction of sp³-hybridized carbons (Fsp3) is 0.350. The third kappa shape index (κ3) is 5.85. The molecule has 0 aliphatic rings. The molecule has 0 spiro atoms. The SMILES string of the molecule is CCOc1ccc(NC(=S)NCCCc2ccc(C)cc2C)cc1. The Morgan fingerprint density at radius 1 is 1.08 bits per heavy atom. The van der Waals surface area contributed by atoms with Crippen molar-refractivity contribution in [3.8, 4) is 5.75 Å². The molecule has 0 aliphatic carbocycles. The minimum atomic E-state index is 0.653. The lowest BCUT2D eigenvalue weighted by Crippen LogP contribution is -2.29. The molecule has 2 N–H and O–H groups in total. The molecule has 0 radical (unpaired) electrons. The van der Waals surface area contributed by atoms with Gasteiger partial charge in [0.05, 0.1) is 6.61 Å². The topological polar surface area (TPSA) is 33.3 Å². The first-order chi connectivity index (χ1) is 11.6. The van der Waals surface area contributed by atoms with E-state index in [1.54, 1.807) is 0 Å². The Labute approximate surface area is 150 Å². The molecule has 2 aromatic rings. The summed E-state index contributed by atoms with van der Waals surface area (Å²) < 4.78 is 5.43. The van der Waals surface area contributed by atoms with Gasteiger partial charge in [0.1, 0.15) is 5.75 Å². The predicted molar refractivity (Wildman–Crippen MR) is 106 cm³/mol. The van der Waals surface area contributed by atoms with Crippen LogP contribution in [0.15, 0.2) is 42.5 Å². The first-order valence-electron chi connectivity index (χ1n) is 8.42. The largest absolute Gasteiger partial charge is 0.494 e. The van der Waals surface area contributed by atoms with Gasteiger partial charge in [-0.2, -0.15) is 0 Å². The number of aryl methyl sites for hydroxylation is 3. The average molecular weight is 343 g/mol. The van der Waals surface area contributed by atoms with Crippen molar-refractivity contribution in [2.45, 2.75) is 33.6 Å². The van der Waals surface area contributed by atoms with Crippen LogP contribution >= 0.6 is 12.2 Å². The molecule has 24 heavy (non-hydrogen) atoms. The number of hydrogen-bond acceptors (Lipinski definition) is 2. The van der Waals surface area contributed by atoms with Gasteiger partial charge in [-0.05, 0) is 81.2 Å². The second kappa shape index (κ2) is 9.28. The number of anilines is 1. The second-order valence-corrected chi connectivity index (χ2v) is 6.28. The maximum Gasteiger partial charge on any atom is 0.170 e. The Bertz CT molecular complexity index is 668. The molecule has 0 aliphatic heterocycles. The van der Waals surface area contributed by atoms with Gasteiger partial charge >= 0.3 is 0 Å². The maximum atomic E-state index is 5.43. The number of thiocarbonyl (C=S) groups is 1. The van der Waals surface area contributed by atoms with Crippen molar-refractivity contribution < 1.29 is 4.74 Å². The first kappa shape index (κ1) is 18.3. The normalized spacial score (nSPS) is 10.3. The average Bonchev–Trinajstić information content (AvgIpc) is 2.55. The van der Waals surface area contributed by atoms with Crippen LogP contribution in [-0.2, 0) is 6.42 Å². The summed E-state index contributed by atoms with van der Waals surface area (Å²) in [7, 11) is 0. The fourth-order valence-electron chi connectivity index (χ4n) is 2.58. The summed E-state index contributed by atoms with van der Waals surface area (Å²) >= 11 is 5.34. The monoisotopic (exact) mass is 342 g/mol. The van der Waals surface area contributed by atoms with Crippen LogP contribution in [0, 0.1) is 13.8 Å². The van der Waals surface area contributed by atoms with Crippen LogP contribution in [0.2, 0.25) is 0 Å². The van der Waals surface area contributed by atoms with Crippen LogP contribution in [0.5, 0.6) is 5.75 Å². The van der Waals surface area contributed by atoms with Crippen LogP contribution in [0.4, 0.5) is 5.69 Å². The Balaban J connectivity index is 1.71. The zero-order valence-corrected chi connectivity index (χ0v) is 15.5. The van der Waals surface area contributed by atoms with Crippen LogP contribution in [0.1, 0.15) is 30.0 Å². The summed E-state index contributed by atoms with van der Waals surface area (Å²) in [5.41, 5.74) is 5.05. The summed E-state index contributed by atoms with van der Waals surface area (Å²) in [5, 5.41) is 7.11. The maximum absolute atomic E-state index is 5.43. The highest BCUT2D eigenvalue weighted by Crippen LogP contribution is 2.15. The minimum absolute atomic E-state index is 0.653. The van der Waals surface area contributed by atoms with Crippen molar-refractivity contribution in [1.29, 1.82) is 0 Å². The smallest absolute Gasteiger partial charge is 0.170 e. The van der Waals surface area contributed by atoms with E-state index in [-0.39, 0.29) is 0 Å². The molecule has 0 saturated carbocycles. The molecule has 128 valence electrons. The van der Waals surface area contributed by atoms with E-state index in [9.17, 15) is 0 Å². The lowest BCUT2D eigenvalue weighted by molar-refractivity contribution is 0.340. The number of benzene rings is 2. The van der Waals surface area contributed by atoms with Crippen LogP contribution in [-0.4, -0.2) is 18.3 Å². The number of ether oxygens (including phenoxy) is 1. The first-order valence-corrected chi connectivity index (χ1v) is 8.83. The molecule has 2 aromatic carbocycles. The zero-order chi connectivity index (χ0) is 17.4. The van der Waals surface area contributed by atoms with Crippen molar-refractivity contribution >= 4 is 23.0 Å². The molecule has 0 bridgehead atoms. The van der Waals surface area contributed by atoms with Crippen LogP contribution in [0.3, 0.4) is 0 Å². The van der Waals surface area contributed by atoms with E-state index in [4.69, 9.17) is 17.0 Å². The molecule has 0 aromatic heterocycles. The van der Waals surface area contributed by atoms with Gasteiger partial charge in [-0.25, -0.2) is 0 Å². The van der Waals surface area contributed by atoms with Crippen LogP contribution < -0.4 is 15.4 Å². The molecule has 0 heterocycles. The Hall–Kier alpha value is -2.07. The van der Waals surface area contributed by atoms with Crippen molar-refractivity contribution in [2.24, 2.45) is 0 Å². The molecule has 2 rings (SSSR count). The van der Waals surface area contributed by atoms with E-state index < -0.39 is 0 Å². The predicted octanol–water partition coefficient (Wildman–Crippen LogP) is 4.62. The lowest BCUT2D eigenvalue weighted by atomic mass is 10.0. The molecule has 4 heteroatoms. The Morgan fingerprint density at radius 2 is 1.83 bits per heavy atom. The highest BCUT2D eigenvalue weighted by Gasteiger charge is 2.01. The molecule has 0 unspecified atom stereocenters. The Morgan fingerprint density at radius 3 is 2.50 bits per heavy atom. The van der Waals surface area contributed by atoms with E-state index in [0.717, 1.165) is 30.8 Å². The second-order valence-electron chi connectivity index (χ2n) is 5.87. The summed E-state index contributed by atoms with van der Waals surface area (Å²) in [6, 6.07) is 14.4. The van der Waals surface area contributed by atoms with E-state index in [2.05, 4.69) is 42.7 Å².